The van der Waals surface area contributed by atoms with Crippen molar-refractivity contribution in [1.29, 1.82) is 0 Å². The molecule has 1 atom stereocenters. The SMILES string of the molecule is COC(=O)[C@@H](Cc1ccccc1F)NC(=O)CC(C)C. The summed E-state index contributed by atoms with van der Waals surface area (Å²) in [6, 6.07) is 5.29. The van der Waals surface area contributed by atoms with Gasteiger partial charge in [-0.15, -0.1) is 0 Å². The fourth-order valence-corrected chi connectivity index (χ4v) is 1.84. The number of rotatable bonds is 6. The average molecular weight is 281 g/mol. The van der Waals surface area contributed by atoms with Crippen molar-refractivity contribution in [2.45, 2.75) is 32.7 Å². The van der Waals surface area contributed by atoms with Crippen LogP contribution in [0.3, 0.4) is 0 Å². The molecule has 0 bridgehead atoms. The molecule has 0 aliphatic rings. The third kappa shape index (κ3) is 4.99. The first-order chi connectivity index (χ1) is 9.43. The van der Waals surface area contributed by atoms with E-state index in [9.17, 15) is 14.0 Å². The molecule has 0 fully saturated rings. The van der Waals surface area contributed by atoms with Gasteiger partial charge in [-0.1, -0.05) is 32.0 Å². The normalized spacial score (nSPS) is 12.1. The molecule has 0 unspecified atom stereocenters. The Labute approximate surface area is 118 Å². The predicted molar refractivity (Wildman–Crippen MR) is 73.5 cm³/mol. The van der Waals surface area contributed by atoms with Crippen molar-refractivity contribution in [2.75, 3.05) is 7.11 Å². The molecule has 1 aromatic rings. The van der Waals surface area contributed by atoms with Gasteiger partial charge in [0.1, 0.15) is 11.9 Å². The van der Waals surface area contributed by atoms with E-state index in [0.29, 0.717) is 12.0 Å². The largest absolute Gasteiger partial charge is 0.467 e. The Kier molecular flexibility index (Phi) is 6.15. The lowest BCUT2D eigenvalue weighted by Crippen LogP contribution is -2.43. The molecule has 4 nitrogen and oxygen atoms in total. The standard InChI is InChI=1S/C15H20FNO3/c1-10(2)8-14(18)17-13(15(19)20-3)9-11-6-4-5-7-12(11)16/h4-7,10,13H,8-9H2,1-3H3,(H,17,18)/t13-/m1/s1. The molecule has 0 saturated heterocycles. The van der Waals surface area contributed by atoms with Crippen molar-refractivity contribution in [3.05, 3.63) is 35.6 Å². The second-order valence-corrected chi connectivity index (χ2v) is 5.04. The zero-order valence-electron chi connectivity index (χ0n) is 12.0. The first-order valence-electron chi connectivity index (χ1n) is 6.54. The smallest absolute Gasteiger partial charge is 0.328 e. The van der Waals surface area contributed by atoms with Crippen LogP contribution in [0.2, 0.25) is 0 Å². The van der Waals surface area contributed by atoms with Gasteiger partial charge in [-0.05, 0) is 17.5 Å². The molecule has 1 N–H and O–H groups in total. The highest BCUT2D eigenvalue weighted by molar-refractivity contribution is 5.84. The van der Waals surface area contributed by atoms with Crippen molar-refractivity contribution in [3.63, 3.8) is 0 Å². The quantitative estimate of drug-likeness (QED) is 0.812. The van der Waals surface area contributed by atoms with Crippen molar-refractivity contribution >= 4 is 11.9 Å². The van der Waals surface area contributed by atoms with Gasteiger partial charge in [0.25, 0.3) is 0 Å². The summed E-state index contributed by atoms with van der Waals surface area (Å²) in [4.78, 5) is 23.4. The van der Waals surface area contributed by atoms with Crippen LogP contribution >= 0.6 is 0 Å². The molecule has 0 radical (unpaired) electrons. The molecule has 1 rings (SSSR count). The van der Waals surface area contributed by atoms with Gasteiger partial charge in [0.2, 0.25) is 5.91 Å². The molecule has 0 aliphatic carbocycles. The number of hydrogen-bond donors (Lipinski definition) is 1. The molecule has 0 saturated carbocycles. The third-order valence-corrected chi connectivity index (χ3v) is 2.80. The van der Waals surface area contributed by atoms with Crippen LogP contribution in [0.1, 0.15) is 25.8 Å². The topological polar surface area (TPSA) is 55.4 Å². The van der Waals surface area contributed by atoms with E-state index in [0.717, 1.165) is 0 Å². The highest BCUT2D eigenvalue weighted by atomic mass is 19.1. The first kappa shape index (κ1) is 16.1. The lowest BCUT2D eigenvalue weighted by Gasteiger charge is -2.17. The van der Waals surface area contributed by atoms with E-state index in [1.54, 1.807) is 18.2 Å². The number of carbonyl (C=O) groups excluding carboxylic acids is 2. The van der Waals surface area contributed by atoms with Gasteiger partial charge in [0.15, 0.2) is 0 Å². The van der Waals surface area contributed by atoms with Crippen LogP contribution in [0, 0.1) is 11.7 Å². The number of ether oxygens (including phenoxy) is 1. The van der Waals surface area contributed by atoms with E-state index in [2.05, 4.69) is 10.1 Å². The maximum atomic E-state index is 13.6. The first-order valence-corrected chi connectivity index (χ1v) is 6.54. The van der Waals surface area contributed by atoms with E-state index >= 15 is 0 Å². The fourth-order valence-electron chi connectivity index (χ4n) is 1.84. The highest BCUT2D eigenvalue weighted by Crippen LogP contribution is 2.10. The minimum Gasteiger partial charge on any atom is -0.467 e. The summed E-state index contributed by atoms with van der Waals surface area (Å²) < 4.78 is 18.3. The van der Waals surface area contributed by atoms with E-state index < -0.39 is 17.8 Å². The van der Waals surface area contributed by atoms with Crippen molar-refractivity contribution in [2.24, 2.45) is 5.92 Å². The number of nitrogens with one attached hydrogen (secondary N) is 1. The number of methoxy groups -OCH3 is 1. The lowest BCUT2D eigenvalue weighted by molar-refractivity contribution is -0.145. The second-order valence-electron chi connectivity index (χ2n) is 5.04. The van der Waals surface area contributed by atoms with Crippen LogP contribution in [-0.4, -0.2) is 25.0 Å². The maximum Gasteiger partial charge on any atom is 0.328 e. The van der Waals surface area contributed by atoms with Gasteiger partial charge in [0.05, 0.1) is 7.11 Å². The summed E-state index contributed by atoms with van der Waals surface area (Å²) in [5.74, 6) is -1.04. The van der Waals surface area contributed by atoms with E-state index in [1.807, 2.05) is 13.8 Å². The number of benzene rings is 1. The Morgan fingerprint density at radius 2 is 1.95 bits per heavy atom. The lowest BCUT2D eigenvalue weighted by atomic mass is 10.0. The van der Waals surface area contributed by atoms with Crippen molar-refractivity contribution in [3.8, 4) is 0 Å². The minimum atomic E-state index is -0.872. The molecule has 0 spiro atoms. The zero-order chi connectivity index (χ0) is 15.1. The van der Waals surface area contributed by atoms with Gasteiger partial charge in [-0.3, -0.25) is 4.79 Å². The summed E-state index contributed by atoms with van der Waals surface area (Å²) >= 11 is 0. The van der Waals surface area contributed by atoms with Crippen LogP contribution in [0.15, 0.2) is 24.3 Å². The minimum absolute atomic E-state index is 0.0726. The molecule has 0 aliphatic heterocycles. The van der Waals surface area contributed by atoms with E-state index in [-0.39, 0.29) is 18.2 Å². The van der Waals surface area contributed by atoms with Crippen LogP contribution in [0.5, 0.6) is 0 Å². The Morgan fingerprint density at radius 1 is 1.30 bits per heavy atom. The summed E-state index contributed by atoms with van der Waals surface area (Å²) in [5.41, 5.74) is 0.368. The van der Waals surface area contributed by atoms with E-state index in [1.165, 1.54) is 13.2 Å². The molecular weight excluding hydrogens is 261 g/mol. The van der Waals surface area contributed by atoms with Crippen molar-refractivity contribution in [1.82, 2.24) is 5.32 Å². The summed E-state index contributed by atoms with van der Waals surface area (Å²) in [6.07, 6.45) is 0.383. The third-order valence-electron chi connectivity index (χ3n) is 2.80. The Bertz CT molecular complexity index is 474. The zero-order valence-corrected chi connectivity index (χ0v) is 12.0. The molecular formula is C15H20FNO3. The summed E-state index contributed by atoms with van der Waals surface area (Å²) in [7, 11) is 1.24. The molecule has 1 aromatic carbocycles. The molecule has 1 amide bonds. The van der Waals surface area contributed by atoms with Crippen LogP contribution in [0.4, 0.5) is 4.39 Å². The Hall–Kier alpha value is -1.91. The summed E-state index contributed by atoms with van der Waals surface area (Å²) in [6.45, 7) is 3.81. The van der Waals surface area contributed by atoms with Crippen LogP contribution < -0.4 is 5.32 Å². The Balaban J connectivity index is 2.78. The Morgan fingerprint density at radius 3 is 2.50 bits per heavy atom. The van der Waals surface area contributed by atoms with Crippen molar-refractivity contribution < 1.29 is 18.7 Å². The monoisotopic (exact) mass is 281 g/mol. The molecule has 0 aromatic heterocycles. The van der Waals surface area contributed by atoms with Gasteiger partial charge in [0, 0.05) is 12.8 Å². The van der Waals surface area contributed by atoms with Gasteiger partial charge in [-0.2, -0.15) is 0 Å². The molecule has 0 heterocycles. The second kappa shape index (κ2) is 7.62. The number of halogens is 1. The van der Waals surface area contributed by atoms with E-state index in [4.69, 9.17) is 0 Å². The predicted octanol–water partition coefficient (Wildman–Crippen LogP) is 2.07. The van der Waals surface area contributed by atoms with Gasteiger partial charge < -0.3 is 10.1 Å². The fraction of sp³-hybridized carbons (Fsp3) is 0.467. The average Bonchev–Trinajstić information content (AvgIpc) is 2.38. The summed E-state index contributed by atoms with van der Waals surface area (Å²) in [5, 5.41) is 2.59. The van der Waals surface area contributed by atoms with Gasteiger partial charge >= 0.3 is 5.97 Å². The highest BCUT2D eigenvalue weighted by Gasteiger charge is 2.23. The number of carbonyl (C=O) groups is 2. The molecule has 110 valence electrons. The van der Waals surface area contributed by atoms with Crippen LogP contribution in [0.25, 0.3) is 0 Å². The number of amides is 1. The van der Waals surface area contributed by atoms with Gasteiger partial charge in [-0.25, -0.2) is 9.18 Å². The number of hydrogen-bond acceptors (Lipinski definition) is 3. The molecule has 5 heteroatoms. The number of esters is 1. The molecule has 20 heavy (non-hydrogen) atoms. The maximum absolute atomic E-state index is 13.6. The van der Waals surface area contributed by atoms with Crippen LogP contribution in [-0.2, 0) is 20.7 Å².